The number of aryl methyl sites for hydroxylation is 1. The third kappa shape index (κ3) is 3.51. The molecule has 0 aliphatic rings. The van der Waals surface area contributed by atoms with Gasteiger partial charge in [0.25, 0.3) is 11.8 Å². The third-order valence-corrected chi connectivity index (χ3v) is 3.02. The molecular weight excluding hydrogens is 268 g/mol. The number of hydrogen-bond acceptors (Lipinski definition) is 3. The maximum Gasteiger partial charge on any atom is 0.291 e. The predicted molar refractivity (Wildman–Crippen MR) is 80.5 cm³/mol. The van der Waals surface area contributed by atoms with Crippen molar-refractivity contribution in [2.24, 2.45) is 0 Å². The first kappa shape index (κ1) is 14.8. The average Bonchev–Trinajstić information content (AvgIpc) is 2.91. The van der Waals surface area contributed by atoms with Gasteiger partial charge in [0.2, 0.25) is 0 Å². The molecule has 0 unspecified atom stereocenters. The topological polar surface area (TPSA) is 71.3 Å². The van der Waals surface area contributed by atoms with Crippen molar-refractivity contribution in [1.82, 2.24) is 5.32 Å². The lowest BCUT2D eigenvalue weighted by Gasteiger charge is -2.10. The highest BCUT2D eigenvalue weighted by atomic mass is 16.3. The second-order valence-corrected chi connectivity index (χ2v) is 4.69. The van der Waals surface area contributed by atoms with Gasteiger partial charge < -0.3 is 15.1 Å². The molecule has 0 atom stereocenters. The molecule has 1 heterocycles. The summed E-state index contributed by atoms with van der Waals surface area (Å²) in [6.07, 6.45) is 2.32. The molecule has 2 N–H and O–H groups in total. The van der Waals surface area contributed by atoms with Gasteiger partial charge in [-0.15, -0.1) is 0 Å². The average molecular weight is 286 g/mol. The predicted octanol–water partition coefficient (Wildman–Crippen LogP) is 2.98. The Kier molecular flexibility index (Phi) is 4.77. The van der Waals surface area contributed by atoms with Crippen LogP contribution in [-0.4, -0.2) is 18.4 Å². The standard InChI is InChI=1S/C16H18N2O3/c1-3-9-17-15(19)12-6-4-5-7-13(12)18-16(20)14-11(2)8-10-21-14/h4-8,10H,3,9H2,1-2H3,(H,17,19)(H,18,20). The number of benzene rings is 1. The first-order valence-electron chi connectivity index (χ1n) is 6.86. The molecule has 0 aliphatic heterocycles. The van der Waals surface area contributed by atoms with Crippen molar-refractivity contribution in [2.45, 2.75) is 20.3 Å². The number of carbonyl (C=O) groups is 2. The number of carbonyl (C=O) groups excluding carboxylic acids is 2. The fourth-order valence-corrected chi connectivity index (χ4v) is 1.91. The number of rotatable bonds is 5. The first-order chi connectivity index (χ1) is 10.1. The van der Waals surface area contributed by atoms with Crippen LogP contribution in [0, 0.1) is 6.92 Å². The minimum Gasteiger partial charge on any atom is -0.459 e. The van der Waals surface area contributed by atoms with Gasteiger partial charge in [-0.1, -0.05) is 19.1 Å². The molecule has 2 rings (SSSR count). The molecule has 5 nitrogen and oxygen atoms in total. The lowest BCUT2D eigenvalue weighted by atomic mass is 10.1. The Morgan fingerprint density at radius 2 is 1.90 bits per heavy atom. The summed E-state index contributed by atoms with van der Waals surface area (Å²) in [6.45, 7) is 4.37. The van der Waals surface area contributed by atoms with E-state index >= 15 is 0 Å². The minimum atomic E-state index is -0.367. The van der Waals surface area contributed by atoms with Crippen LogP contribution in [0.15, 0.2) is 41.0 Å². The molecule has 110 valence electrons. The molecule has 0 saturated carbocycles. The molecule has 0 aliphatic carbocycles. The highest BCUT2D eigenvalue weighted by Crippen LogP contribution is 2.17. The largest absolute Gasteiger partial charge is 0.459 e. The van der Waals surface area contributed by atoms with Crippen LogP contribution in [0.25, 0.3) is 0 Å². The number of amides is 2. The van der Waals surface area contributed by atoms with Crippen molar-refractivity contribution in [1.29, 1.82) is 0 Å². The summed E-state index contributed by atoms with van der Waals surface area (Å²) in [5.74, 6) is -0.323. The first-order valence-corrected chi connectivity index (χ1v) is 6.86. The maximum atomic E-state index is 12.1. The molecule has 1 aromatic heterocycles. The lowest BCUT2D eigenvalue weighted by molar-refractivity contribution is 0.0954. The van der Waals surface area contributed by atoms with E-state index in [9.17, 15) is 9.59 Å². The van der Waals surface area contributed by atoms with E-state index in [-0.39, 0.29) is 17.6 Å². The monoisotopic (exact) mass is 286 g/mol. The van der Waals surface area contributed by atoms with E-state index in [1.54, 1.807) is 37.3 Å². The van der Waals surface area contributed by atoms with Gasteiger partial charge in [0.1, 0.15) is 0 Å². The van der Waals surface area contributed by atoms with Gasteiger partial charge in [0, 0.05) is 12.1 Å². The highest BCUT2D eigenvalue weighted by Gasteiger charge is 2.16. The summed E-state index contributed by atoms with van der Waals surface area (Å²) in [4.78, 5) is 24.2. The molecule has 1 aromatic carbocycles. The van der Waals surface area contributed by atoms with Crippen molar-refractivity contribution in [3.05, 3.63) is 53.5 Å². The SMILES string of the molecule is CCCNC(=O)c1ccccc1NC(=O)c1occc1C. The van der Waals surface area contributed by atoms with Crippen molar-refractivity contribution >= 4 is 17.5 Å². The van der Waals surface area contributed by atoms with E-state index in [1.807, 2.05) is 6.92 Å². The molecule has 21 heavy (non-hydrogen) atoms. The van der Waals surface area contributed by atoms with Gasteiger partial charge in [0.15, 0.2) is 5.76 Å². The van der Waals surface area contributed by atoms with Crippen LogP contribution >= 0.6 is 0 Å². The molecule has 2 amide bonds. The van der Waals surface area contributed by atoms with Crippen LogP contribution in [0.5, 0.6) is 0 Å². The van der Waals surface area contributed by atoms with E-state index in [0.29, 0.717) is 17.8 Å². The highest BCUT2D eigenvalue weighted by molar-refractivity contribution is 6.08. The van der Waals surface area contributed by atoms with E-state index in [1.165, 1.54) is 6.26 Å². The minimum absolute atomic E-state index is 0.205. The molecule has 0 radical (unpaired) electrons. The van der Waals surface area contributed by atoms with Crippen molar-refractivity contribution < 1.29 is 14.0 Å². The van der Waals surface area contributed by atoms with E-state index in [0.717, 1.165) is 12.0 Å². The Hall–Kier alpha value is -2.56. The molecule has 0 bridgehead atoms. The van der Waals surface area contributed by atoms with Gasteiger partial charge in [-0.2, -0.15) is 0 Å². The van der Waals surface area contributed by atoms with Crippen LogP contribution in [0.1, 0.15) is 39.8 Å². The van der Waals surface area contributed by atoms with Gasteiger partial charge in [-0.05, 0) is 31.5 Å². The van der Waals surface area contributed by atoms with Crippen LogP contribution in [-0.2, 0) is 0 Å². The molecule has 0 fully saturated rings. The quantitative estimate of drug-likeness (QED) is 0.887. The van der Waals surface area contributed by atoms with Crippen LogP contribution < -0.4 is 10.6 Å². The van der Waals surface area contributed by atoms with E-state index in [2.05, 4.69) is 10.6 Å². The van der Waals surface area contributed by atoms with E-state index in [4.69, 9.17) is 4.42 Å². The summed E-state index contributed by atoms with van der Waals surface area (Å²) in [6, 6.07) is 8.61. The molecular formula is C16H18N2O3. The number of anilines is 1. The van der Waals surface area contributed by atoms with Crippen LogP contribution in [0.4, 0.5) is 5.69 Å². The second kappa shape index (κ2) is 6.74. The lowest BCUT2D eigenvalue weighted by Crippen LogP contribution is -2.25. The maximum absolute atomic E-state index is 12.1. The van der Waals surface area contributed by atoms with Gasteiger partial charge in [0.05, 0.1) is 17.5 Å². The van der Waals surface area contributed by atoms with Crippen LogP contribution in [0.3, 0.4) is 0 Å². The Morgan fingerprint density at radius 1 is 1.14 bits per heavy atom. The Balaban J connectivity index is 2.19. The van der Waals surface area contributed by atoms with E-state index < -0.39 is 0 Å². The number of hydrogen-bond donors (Lipinski definition) is 2. The van der Waals surface area contributed by atoms with Gasteiger partial charge in [-0.25, -0.2) is 0 Å². The molecule has 0 spiro atoms. The normalized spacial score (nSPS) is 10.2. The fourth-order valence-electron chi connectivity index (χ4n) is 1.91. The zero-order valence-electron chi connectivity index (χ0n) is 12.1. The van der Waals surface area contributed by atoms with Crippen LogP contribution in [0.2, 0.25) is 0 Å². The van der Waals surface area contributed by atoms with Gasteiger partial charge in [-0.3, -0.25) is 9.59 Å². The van der Waals surface area contributed by atoms with Crippen molar-refractivity contribution in [3.63, 3.8) is 0 Å². The smallest absolute Gasteiger partial charge is 0.291 e. The molecule has 5 heteroatoms. The Bertz CT molecular complexity index is 646. The van der Waals surface area contributed by atoms with Crippen molar-refractivity contribution in [3.8, 4) is 0 Å². The number of nitrogens with one attached hydrogen (secondary N) is 2. The Labute approximate surface area is 123 Å². The van der Waals surface area contributed by atoms with Crippen molar-refractivity contribution in [2.75, 3.05) is 11.9 Å². The summed E-state index contributed by atoms with van der Waals surface area (Å²) < 4.78 is 5.15. The second-order valence-electron chi connectivity index (χ2n) is 4.69. The fraction of sp³-hybridized carbons (Fsp3) is 0.250. The third-order valence-electron chi connectivity index (χ3n) is 3.02. The van der Waals surface area contributed by atoms with Gasteiger partial charge >= 0.3 is 0 Å². The zero-order valence-corrected chi connectivity index (χ0v) is 12.1. The zero-order chi connectivity index (χ0) is 15.2. The number of furan rings is 1. The molecule has 0 saturated heterocycles. The number of para-hydroxylation sites is 1. The summed E-state index contributed by atoms with van der Waals surface area (Å²) in [5, 5.41) is 5.51. The molecule has 2 aromatic rings. The summed E-state index contributed by atoms with van der Waals surface area (Å²) >= 11 is 0. The summed E-state index contributed by atoms with van der Waals surface area (Å²) in [5.41, 5.74) is 1.65. The Morgan fingerprint density at radius 3 is 2.57 bits per heavy atom. The summed E-state index contributed by atoms with van der Waals surface area (Å²) in [7, 11) is 0.